The number of aryl methyl sites for hydroxylation is 1. The lowest BCUT2D eigenvalue weighted by atomic mass is 10.1. The van der Waals surface area contributed by atoms with Crippen LogP contribution in [0, 0.1) is 0 Å². The number of fused-ring (bicyclic) bond motifs is 1. The number of nitrogens with zero attached hydrogens (tertiary/aromatic N) is 7. The third-order valence-corrected chi connectivity index (χ3v) is 6.75. The van der Waals surface area contributed by atoms with Gasteiger partial charge in [0.05, 0.1) is 18.0 Å². The maximum absolute atomic E-state index is 12.5. The van der Waals surface area contributed by atoms with Crippen LogP contribution in [0.4, 0.5) is 5.69 Å². The number of hydrogen-bond donors (Lipinski definition) is 0. The Hall–Kier alpha value is -4.08. The molecule has 2 aliphatic rings. The summed E-state index contributed by atoms with van der Waals surface area (Å²) in [4.78, 5) is 33.2. The van der Waals surface area contributed by atoms with Crippen molar-refractivity contribution in [3.8, 4) is 11.4 Å². The van der Waals surface area contributed by atoms with Crippen LogP contribution in [-0.2, 0) is 16.1 Å². The van der Waals surface area contributed by atoms with Crippen molar-refractivity contribution in [2.24, 2.45) is 0 Å². The van der Waals surface area contributed by atoms with Crippen molar-refractivity contribution in [2.75, 3.05) is 24.5 Å². The van der Waals surface area contributed by atoms with Crippen molar-refractivity contribution in [3.63, 3.8) is 0 Å². The quantitative estimate of drug-likeness (QED) is 0.425. The smallest absolute Gasteiger partial charge is 0.232 e. The third-order valence-electron chi connectivity index (χ3n) is 6.75. The molecule has 2 aromatic heterocycles. The molecule has 0 saturated carbocycles. The Morgan fingerprint density at radius 1 is 1.09 bits per heavy atom. The fourth-order valence-corrected chi connectivity index (χ4v) is 4.85. The SMILES string of the molecule is O=C(CCn1nnc2cc(-c3noc([C@H]4CC(=O)N(c5ccccc5)C4)n3)ccc21)N1CCCC1. The third kappa shape index (κ3) is 4.16. The second kappa shape index (κ2) is 8.94. The van der Waals surface area contributed by atoms with Gasteiger partial charge >= 0.3 is 0 Å². The van der Waals surface area contributed by atoms with E-state index in [2.05, 4.69) is 20.5 Å². The van der Waals surface area contributed by atoms with Crippen molar-refractivity contribution >= 4 is 28.5 Å². The lowest BCUT2D eigenvalue weighted by Gasteiger charge is -2.15. The van der Waals surface area contributed by atoms with Crippen molar-refractivity contribution < 1.29 is 14.1 Å². The lowest BCUT2D eigenvalue weighted by molar-refractivity contribution is -0.130. The van der Waals surface area contributed by atoms with Gasteiger partial charge in [0.1, 0.15) is 5.52 Å². The molecule has 0 aliphatic carbocycles. The molecule has 0 unspecified atom stereocenters. The lowest BCUT2D eigenvalue weighted by Crippen LogP contribution is -2.28. The highest BCUT2D eigenvalue weighted by molar-refractivity contribution is 5.96. The van der Waals surface area contributed by atoms with E-state index in [4.69, 9.17) is 4.52 Å². The highest BCUT2D eigenvalue weighted by atomic mass is 16.5. The van der Waals surface area contributed by atoms with Crippen LogP contribution in [0.15, 0.2) is 53.1 Å². The molecule has 0 spiro atoms. The first kappa shape index (κ1) is 21.5. The Labute approximate surface area is 201 Å². The van der Waals surface area contributed by atoms with Crippen molar-refractivity contribution in [2.45, 2.75) is 38.1 Å². The summed E-state index contributed by atoms with van der Waals surface area (Å²) in [5.74, 6) is 0.962. The molecule has 2 aromatic carbocycles. The molecule has 10 heteroatoms. The fraction of sp³-hybridized carbons (Fsp3) is 0.360. The highest BCUT2D eigenvalue weighted by Gasteiger charge is 2.35. The number of anilines is 1. The molecule has 6 rings (SSSR count). The molecule has 4 heterocycles. The largest absolute Gasteiger partial charge is 0.343 e. The molecule has 2 aliphatic heterocycles. The average molecular weight is 472 g/mol. The van der Waals surface area contributed by atoms with Gasteiger partial charge in [-0.2, -0.15) is 4.98 Å². The van der Waals surface area contributed by atoms with Crippen LogP contribution in [0.3, 0.4) is 0 Å². The molecule has 2 amide bonds. The van der Waals surface area contributed by atoms with Gasteiger partial charge in [-0.3, -0.25) is 9.59 Å². The number of carbonyl (C=O) groups excluding carboxylic acids is 2. The summed E-state index contributed by atoms with van der Waals surface area (Å²) in [6, 6.07) is 15.3. The van der Waals surface area contributed by atoms with Crippen LogP contribution in [0.1, 0.15) is 37.5 Å². The van der Waals surface area contributed by atoms with Gasteiger partial charge in [-0.1, -0.05) is 28.6 Å². The summed E-state index contributed by atoms with van der Waals surface area (Å²) >= 11 is 0. The number of hydrogen-bond acceptors (Lipinski definition) is 7. The Morgan fingerprint density at radius 3 is 2.74 bits per heavy atom. The first-order chi connectivity index (χ1) is 17.2. The topological polar surface area (TPSA) is 110 Å². The maximum atomic E-state index is 12.5. The number of amides is 2. The minimum absolute atomic E-state index is 0.0437. The maximum Gasteiger partial charge on any atom is 0.232 e. The number of aromatic nitrogens is 5. The number of para-hydroxylation sites is 1. The fourth-order valence-electron chi connectivity index (χ4n) is 4.85. The molecule has 1 atom stereocenters. The van der Waals surface area contributed by atoms with E-state index in [-0.39, 0.29) is 17.7 Å². The predicted octanol–water partition coefficient (Wildman–Crippen LogP) is 3.01. The van der Waals surface area contributed by atoms with Gasteiger partial charge < -0.3 is 14.3 Å². The second-order valence-electron chi connectivity index (χ2n) is 9.05. The zero-order chi connectivity index (χ0) is 23.8. The van der Waals surface area contributed by atoms with E-state index in [9.17, 15) is 9.59 Å². The Bertz CT molecular complexity index is 1370. The van der Waals surface area contributed by atoms with Crippen LogP contribution < -0.4 is 4.90 Å². The molecule has 10 nitrogen and oxygen atoms in total. The van der Waals surface area contributed by atoms with Crippen LogP contribution in [0.25, 0.3) is 22.4 Å². The van der Waals surface area contributed by atoms with E-state index in [0.717, 1.165) is 42.7 Å². The molecular formula is C25H25N7O3. The van der Waals surface area contributed by atoms with Gasteiger partial charge in [0.25, 0.3) is 0 Å². The summed E-state index contributed by atoms with van der Waals surface area (Å²) in [5, 5.41) is 12.6. The van der Waals surface area contributed by atoms with E-state index < -0.39 is 0 Å². The summed E-state index contributed by atoms with van der Waals surface area (Å²) in [5.41, 5.74) is 3.19. The number of carbonyl (C=O) groups is 2. The van der Waals surface area contributed by atoms with Gasteiger partial charge in [0.2, 0.25) is 23.5 Å². The zero-order valence-corrected chi connectivity index (χ0v) is 19.2. The van der Waals surface area contributed by atoms with E-state index in [1.165, 1.54) is 0 Å². The van der Waals surface area contributed by atoms with E-state index in [1.54, 1.807) is 9.58 Å². The molecule has 0 N–H and O–H groups in total. The van der Waals surface area contributed by atoms with Crippen molar-refractivity contribution in [3.05, 3.63) is 54.4 Å². The molecule has 0 bridgehead atoms. The molecule has 0 radical (unpaired) electrons. The normalized spacial score (nSPS) is 18.2. The van der Waals surface area contributed by atoms with Gasteiger partial charge in [0, 0.05) is 43.7 Å². The van der Waals surface area contributed by atoms with Crippen LogP contribution >= 0.6 is 0 Å². The van der Waals surface area contributed by atoms with Crippen molar-refractivity contribution in [1.82, 2.24) is 30.0 Å². The first-order valence-corrected chi connectivity index (χ1v) is 12.0. The van der Waals surface area contributed by atoms with E-state index >= 15 is 0 Å². The molecule has 178 valence electrons. The van der Waals surface area contributed by atoms with E-state index in [1.807, 2.05) is 53.4 Å². The minimum atomic E-state index is -0.151. The molecule has 2 fully saturated rings. The van der Waals surface area contributed by atoms with Gasteiger partial charge in [-0.05, 0) is 43.2 Å². The van der Waals surface area contributed by atoms with Gasteiger partial charge in [0.15, 0.2) is 0 Å². The van der Waals surface area contributed by atoms with Gasteiger partial charge in [-0.25, -0.2) is 4.68 Å². The second-order valence-corrected chi connectivity index (χ2v) is 9.05. The molecular weight excluding hydrogens is 446 g/mol. The van der Waals surface area contributed by atoms with Crippen LogP contribution in [-0.4, -0.2) is 61.5 Å². The molecule has 35 heavy (non-hydrogen) atoms. The molecule has 4 aromatic rings. The average Bonchev–Trinajstić information content (AvgIpc) is 3.69. The number of rotatable bonds is 6. The Morgan fingerprint density at radius 2 is 1.91 bits per heavy atom. The van der Waals surface area contributed by atoms with E-state index in [0.29, 0.717) is 43.2 Å². The minimum Gasteiger partial charge on any atom is -0.343 e. The summed E-state index contributed by atoms with van der Waals surface area (Å²) in [7, 11) is 0. The first-order valence-electron chi connectivity index (χ1n) is 12.0. The molecule has 2 saturated heterocycles. The number of likely N-dealkylation sites (tertiary alicyclic amines) is 1. The standard InChI is InChI=1S/C25H25N7O3/c33-22(30-11-4-5-12-30)10-13-32-21-9-8-17(14-20(21)27-29-32)24-26-25(35-28-24)18-15-23(34)31(16-18)19-6-2-1-3-7-19/h1-3,6-9,14,18H,4-5,10-13,15-16H2/t18-/m0/s1. The summed E-state index contributed by atoms with van der Waals surface area (Å²) in [6.07, 6.45) is 2.91. The van der Waals surface area contributed by atoms with Crippen LogP contribution in [0.5, 0.6) is 0 Å². The Balaban J connectivity index is 1.15. The zero-order valence-electron chi connectivity index (χ0n) is 19.2. The summed E-state index contributed by atoms with van der Waals surface area (Å²) < 4.78 is 7.30. The van der Waals surface area contributed by atoms with Crippen LogP contribution in [0.2, 0.25) is 0 Å². The highest BCUT2D eigenvalue weighted by Crippen LogP contribution is 2.32. The Kier molecular flexibility index (Phi) is 5.48. The predicted molar refractivity (Wildman–Crippen MR) is 127 cm³/mol. The number of benzene rings is 2. The van der Waals surface area contributed by atoms with Crippen molar-refractivity contribution in [1.29, 1.82) is 0 Å². The summed E-state index contributed by atoms with van der Waals surface area (Å²) in [6.45, 7) is 2.71. The monoisotopic (exact) mass is 471 g/mol. The van der Waals surface area contributed by atoms with Gasteiger partial charge in [-0.15, -0.1) is 5.10 Å².